The first-order valence-electron chi connectivity index (χ1n) is 10.1. The molecule has 3 rings (SSSR count). The van der Waals surface area contributed by atoms with E-state index >= 15 is 0 Å². The molecule has 0 spiro atoms. The van der Waals surface area contributed by atoms with Crippen LogP contribution in [0.1, 0.15) is 20.7 Å². The summed E-state index contributed by atoms with van der Waals surface area (Å²) in [6.45, 7) is 2.51. The van der Waals surface area contributed by atoms with Gasteiger partial charge in [-0.05, 0) is 24.3 Å². The number of carbonyl (C=O) groups excluding carboxylic acids is 3. The Hall–Kier alpha value is -3.99. The summed E-state index contributed by atoms with van der Waals surface area (Å²) in [6.07, 6.45) is 0. The number of non-ortho nitro benzene ring substituents is 1. The van der Waals surface area contributed by atoms with Crippen LogP contribution in [0.5, 0.6) is 0 Å². The standard InChI is InChI=1S/C22H24N4O7/c1-32-21(28)15-10-16(22(29)33-2)12-17(11-15)23-20(27)14-24-6-8-25(9-7-24)18-4-3-5-19(13-18)26(30)31/h3-5,10-13H,6-9,14H2,1-2H3,(H,23,27). The third-order valence-corrected chi connectivity index (χ3v) is 5.20. The van der Waals surface area contributed by atoms with Crippen molar-refractivity contribution in [3.63, 3.8) is 0 Å². The largest absolute Gasteiger partial charge is 0.465 e. The highest BCUT2D eigenvalue weighted by Crippen LogP contribution is 2.22. The van der Waals surface area contributed by atoms with E-state index in [1.807, 2.05) is 15.9 Å². The average molecular weight is 456 g/mol. The highest BCUT2D eigenvalue weighted by molar-refractivity contribution is 5.99. The van der Waals surface area contributed by atoms with E-state index in [4.69, 9.17) is 9.47 Å². The maximum absolute atomic E-state index is 12.6. The summed E-state index contributed by atoms with van der Waals surface area (Å²) in [7, 11) is 2.44. The first-order valence-corrected chi connectivity index (χ1v) is 10.1. The number of carbonyl (C=O) groups is 3. The fourth-order valence-electron chi connectivity index (χ4n) is 3.54. The Balaban J connectivity index is 1.60. The molecule has 0 aliphatic carbocycles. The number of esters is 2. The second-order valence-electron chi connectivity index (χ2n) is 7.37. The number of nitro groups is 1. The number of rotatable bonds is 7. The van der Waals surface area contributed by atoms with Crippen molar-refractivity contribution in [2.24, 2.45) is 0 Å². The van der Waals surface area contributed by atoms with Gasteiger partial charge in [0.25, 0.3) is 5.69 Å². The summed E-state index contributed by atoms with van der Waals surface area (Å²) < 4.78 is 9.40. The fourth-order valence-corrected chi connectivity index (χ4v) is 3.54. The lowest BCUT2D eigenvalue weighted by Crippen LogP contribution is -2.48. The summed E-state index contributed by atoms with van der Waals surface area (Å²) in [4.78, 5) is 50.9. The Kier molecular flexibility index (Phi) is 7.57. The molecular formula is C22H24N4O7. The fraction of sp³-hybridized carbons (Fsp3) is 0.318. The third kappa shape index (κ3) is 6.04. The van der Waals surface area contributed by atoms with E-state index in [2.05, 4.69) is 5.32 Å². The van der Waals surface area contributed by atoms with Crippen molar-refractivity contribution in [1.82, 2.24) is 4.90 Å². The van der Waals surface area contributed by atoms with Crippen molar-refractivity contribution >= 4 is 34.9 Å². The van der Waals surface area contributed by atoms with Crippen LogP contribution in [-0.4, -0.2) is 74.6 Å². The van der Waals surface area contributed by atoms with Crippen LogP contribution in [0.25, 0.3) is 0 Å². The zero-order valence-electron chi connectivity index (χ0n) is 18.3. The molecule has 174 valence electrons. The molecule has 11 heteroatoms. The summed E-state index contributed by atoms with van der Waals surface area (Å²) in [5.74, 6) is -1.60. The molecule has 0 radical (unpaired) electrons. The van der Waals surface area contributed by atoms with Crippen LogP contribution >= 0.6 is 0 Å². The zero-order valence-corrected chi connectivity index (χ0v) is 18.3. The number of nitrogens with zero attached hydrogens (tertiary/aromatic N) is 3. The van der Waals surface area contributed by atoms with Crippen LogP contribution in [0.4, 0.5) is 17.1 Å². The van der Waals surface area contributed by atoms with E-state index < -0.39 is 16.9 Å². The zero-order chi connectivity index (χ0) is 24.0. The molecule has 0 unspecified atom stereocenters. The molecule has 0 bridgehead atoms. The number of hydrogen-bond donors (Lipinski definition) is 1. The van der Waals surface area contributed by atoms with E-state index in [1.54, 1.807) is 6.07 Å². The van der Waals surface area contributed by atoms with Gasteiger partial charge in [-0.25, -0.2) is 9.59 Å². The SMILES string of the molecule is COC(=O)c1cc(NC(=O)CN2CCN(c3cccc([N+](=O)[O-])c3)CC2)cc(C(=O)OC)c1. The van der Waals surface area contributed by atoms with Crippen molar-refractivity contribution in [2.75, 3.05) is 57.2 Å². The number of methoxy groups -OCH3 is 2. The minimum Gasteiger partial charge on any atom is -0.465 e. The topological polar surface area (TPSA) is 131 Å². The Morgan fingerprint density at radius 2 is 1.58 bits per heavy atom. The van der Waals surface area contributed by atoms with Crippen LogP contribution < -0.4 is 10.2 Å². The lowest BCUT2D eigenvalue weighted by molar-refractivity contribution is -0.384. The Bertz CT molecular complexity index is 1030. The number of anilines is 2. The second-order valence-corrected chi connectivity index (χ2v) is 7.37. The molecule has 11 nitrogen and oxygen atoms in total. The van der Waals surface area contributed by atoms with E-state index in [0.29, 0.717) is 26.2 Å². The first-order chi connectivity index (χ1) is 15.8. The predicted molar refractivity (Wildman–Crippen MR) is 120 cm³/mol. The van der Waals surface area contributed by atoms with Gasteiger partial charge in [0.1, 0.15) is 0 Å². The summed E-state index contributed by atoms with van der Waals surface area (Å²) in [6, 6.07) is 10.6. The van der Waals surface area contributed by atoms with Crippen LogP contribution in [0.3, 0.4) is 0 Å². The number of piperazine rings is 1. The molecule has 33 heavy (non-hydrogen) atoms. The highest BCUT2D eigenvalue weighted by Gasteiger charge is 2.21. The lowest BCUT2D eigenvalue weighted by Gasteiger charge is -2.35. The number of nitrogens with one attached hydrogen (secondary N) is 1. The number of nitro benzene ring substituents is 1. The van der Waals surface area contributed by atoms with E-state index in [9.17, 15) is 24.5 Å². The van der Waals surface area contributed by atoms with Crippen LogP contribution in [-0.2, 0) is 14.3 Å². The molecule has 2 aromatic carbocycles. The minimum absolute atomic E-state index is 0.0369. The van der Waals surface area contributed by atoms with E-state index in [0.717, 1.165) is 5.69 Å². The van der Waals surface area contributed by atoms with Gasteiger partial charge in [0.05, 0.1) is 36.8 Å². The lowest BCUT2D eigenvalue weighted by atomic mass is 10.1. The van der Waals surface area contributed by atoms with Crippen LogP contribution in [0.15, 0.2) is 42.5 Å². The molecule has 1 saturated heterocycles. The van der Waals surface area contributed by atoms with Crippen molar-refractivity contribution in [1.29, 1.82) is 0 Å². The number of benzene rings is 2. The number of hydrogen-bond acceptors (Lipinski definition) is 9. The third-order valence-electron chi connectivity index (χ3n) is 5.20. The molecule has 1 fully saturated rings. The molecule has 0 saturated carbocycles. The van der Waals surface area contributed by atoms with Gasteiger partial charge in [0, 0.05) is 49.7 Å². The average Bonchev–Trinajstić information content (AvgIpc) is 2.83. The van der Waals surface area contributed by atoms with Gasteiger partial charge in [-0.3, -0.25) is 19.8 Å². The Morgan fingerprint density at radius 1 is 0.970 bits per heavy atom. The van der Waals surface area contributed by atoms with Gasteiger partial charge in [-0.15, -0.1) is 0 Å². The molecule has 1 N–H and O–H groups in total. The van der Waals surface area contributed by atoms with Gasteiger partial charge in [0.2, 0.25) is 5.91 Å². The van der Waals surface area contributed by atoms with Crippen LogP contribution in [0.2, 0.25) is 0 Å². The van der Waals surface area contributed by atoms with Gasteiger partial charge < -0.3 is 19.7 Å². The monoisotopic (exact) mass is 456 g/mol. The summed E-state index contributed by atoms with van der Waals surface area (Å²) in [5.41, 5.74) is 1.30. The summed E-state index contributed by atoms with van der Waals surface area (Å²) in [5, 5.41) is 13.7. The Labute approximate surface area is 190 Å². The molecule has 1 heterocycles. The number of ether oxygens (including phenoxy) is 2. The van der Waals surface area contributed by atoms with Gasteiger partial charge >= 0.3 is 11.9 Å². The molecule has 0 aromatic heterocycles. The molecular weight excluding hydrogens is 432 g/mol. The molecule has 0 atom stereocenters. The van der Waals surface area contributed by atoms with Gasteiger partial charge in [0.15, 0.2) is 0 Å². The molecule has 1 amide bonds. The van der Waals surface area contributed by atoms with Gasteiger partial charge in [-0.1, -0.05) is 6.07 Å². The quantitative estimate of drug-likeness (QED) is 0.377. The van der Waals surface area contributed by atoms with Crippen molar-refractivity contribution < 1.29 is 28.8 Å². The van der Waals surface area contributed by atoms with E-state index in [1.165, 1.54) is 44.6 Å². The first kappa shape index (κ1) is 23.7. The second kappa shape index (κ2) is 10.6. The van der Waals surface area contributed by atoms with Crippen molar-refractivity contribution in [2.45, 2.75) is 0 Å². The van der Waals surface area contributed by atoms with E-state index in [-0.39, 0.29) is 35.0 Å². The maximum Gasteiger partial charge on any atom is 0.337 e. The minimum atomic E-state index is -0.645. The predicted octanol–water partition coefficient (Wildman–Crippen LogP) is 1.93. The van der Waals surface area contributed by atoms with Crippen molar-refractivity contribution in [3.8, 4) is 0 Å². The Morgan fingerprint density at radius 3 is 2.12 bits per heavy atom. The van der Waals surface area contributed by atoms with Gasteiger partial charge in [-0.2, -0.15) is 0 Å². The molecule has 1 aliphatic heterocycles. The smallest absolute Gasteiger partial charge is 0.337 e. The highest BCUT2D eigenvalue weighted by atomic mass is 16.6. The van der Waals surface area contributed by atoms with Crippen molar-refractivity contribution in [3.05, 3.63) is 63.7 Å². The molecule has 1 aliphatic rings. The normalized spacial score (nSPS) is 13.8. The number of amides is 1. The maximum atomic E-state index is 12.6. The molecule has 2 aromatic rings. The van der Waals surface area contributed by atoms with Crippen LogP contribution in [0, 0.1) is 10.1 Å². The summed E-state index contributed by atoms with van der Waals surface area (Å²) >= 11 is 0.